The normalized spacial score (nSPS) is 12.5. The molecule has 1 aromatic heterocycles. The molecule has 1 atom stereocenters. The molecule has 0 saturated heterocycles. The molecule has 1 unspecified atom stereocenters. The van der Waals surface area contributed by atoms with E-state index in [1.165, 1.54) is 11.8 Å². The van der Waals surface area contributed by atoms with Crippen molar-refractivity contribution in [3.05, 3.63) is 12.0 Å². The van der Waals surface area contributed by atoms with E-state index in [1.54, 1.807) is 13.2 Å². The monoisotopic (exact) mass is 229 g/mol. The van der Waals surface area contributed by atoms with Gasteiger partial charge in [0.25, 0.3) is 5.22 Å². The van der Waals surface area contributed by atoms with Gasteiger partial charge in [-0.2, -0.15) is 0 Å². The molecule has 0 radical (unpaired) electrons. The van der Waals surface area contributed by atoms with Gasteiger partial charge in [0, 0.05) is 0 Å². The molecule has 1 rings (SSSR count). The van der Waals surface area contributed by atoms with Crippen LogP contribution in [0.3, 0.4) is 0 Å². The minimum atomic E-state index is -0.233. The standard InChI is InChI=1S/C10H15NO3S/c1-4-8(9(12)13-5-2)15-10-11-7(3)6-14-10/h6,8H,4-5H2,1-3H3. The quantitative estimate of drug-likeness (QED) is 0.573. The van der Waals surface area contributed by atoms with Gasteiger partial charge in [-0.25, -0.2) is 4.98 Å². The number of rotatable bonds is 5. The number of aryl methyl sites for hydroxylation is 1. The SMILES string of the molecule is CCOC(=O)C(CC)Sc1nc(C)co1. The molecule has 1 aromatic rings. The highest BCUT2D eigenvalue weighted by Gasteiger charge is 2.21. The predicted octanol–water partition coefficient (Wildman–Crippen LogP) is 2.42. The first kappa shape index (κ1) is 12.1. The zero-order chi connectivity index (χ0) is 11.3. The van der Waals surface area contributed by atoms with Crippen LogP contribution in [0.5, 0.6) is 0 Å². The summed E-state index contributed by atoms with van der Waals surface area (Å²) >= 11 is 1.31. The fourth-order valence-corrected chi connectivity index (χ4v) is 1.92. The summed E-state index contributed by atoms with van der Waals surface area (Å²) in [6.45, 7) is 5.98. The van der Waals surface area contributed by atoms with Crippen molar-refractivity contribution in [1.29, 1.82) is 0 Å². The second-order valence-corrected chi connectivity index (χ2v) is 4.18. The Balaban J connectivity index is 2.57. The largest absolute Gasteiger partial charge is 0.465 e. The number of thioether (sulfide) groups is 1. The summed E-state index contributed by atoms with van der Waals surface area (Å²) < 4.78 is 10.1. The first-order chi connectivity index (χ1) is 7.17. The lowest BCUT2D eigenvalue weighted by atomic mass is 10.3. The molecule has 84 valence electrons. The Bertz CT molecular complexity index is 324. The maximum absolute atomic E-state index is 11.5. The van der Waals surface area contributed by atoms with Crippen LogP contribution < -0.4 is 0 Å². The summed E-state index contributed by atoms with van der Waals surface area (Å²) in [5.41, 5.74) is 0.816. The van der Waals surface area contributed by atoms with Crippen molar-refractivity contribution in [1.82, 2.24) is 4.98 Å². The van der Waals surface area contributed by atoms with Crippen molar-refractivity contribution in [2.24, 2.45) is 0 Å². The first-order valence-electron chi connectivity index (χ1n) is 4.92. The Kier molecular flexibility index (Phi) is 4.68. The molecule has 4 nitrogen and oxygen atoms in total. The van der Waals surface area contributed by atoms with Crippen LogP contribution in [0.4, 0.5) is 0 Å². The van der Waals surface area contributed by atoms with Crippen LogP contribution in [0.25, 0.3) is 0 Å². The molecule has 1 heterocycles. The fraction of sp³-hybridized carbons (Fsp3) is 0.600. The van der Waals surface area contributed by atoms with E-state index >= 15 is 0 Å². The van der Waals surface area contributed by atoms with Gasteiger partial charge in [0.1, 0.15) is 11.5 Å². The lowest BCUT2D eigenvalue weighted by molar-refractivity contribution is -0.142. The summed E-state index contributed by atoms with van der Waals surface area (Å²) in [4.78, 5) is 15.6. The van der Waals surface area contributed by atoms with Gasteiger partial charge in [-0.1, -0.05) is 18.7 Å². The topological polar surface area (TPSA) is 52.3 Å². The van der Waals surface area contributed by atoms with E-state index < -0.39 is 0 Å². The van der Waals surface area contributed by atoms with Crippen LogP contribution in [0, 0.1) is 6.92 Å². The molecule has 15 heavy (non-hydrogen) atoms. The van der Waals surface area contributed by atoms with Crippen LogP contribution in [0.1, 0.15) is 26.0 Å². The molecule has 0 N–H and O–H groups in total. The Morgan fingerprint density at radius 3 is 2.87 bits per heavy atom. The first-order valence-corrected chi connectivity index (χ1v) is 5.80. The lowest BCUT2D eigenvalue weighted by Gasteiger charge is -2.10. The van der Waals surface area contributed by atoms with Gasteiger partial charge in [0.05, 0.1) is 12.3 Å². The van der Waals surface area contributed by atoms with Crippen molar-refractivity contribution < 1.29 is 13.9 Å². The maximum Gasteiger partial charge on any atom is 0.319 e. The summed E-state index contributed by atoms with van der Waals surface area (Å²) in [5.74, 6) is -0.208. The number of ether oxygens (including phenoxy) is 1. The van der Waals surface area contributed by atoms with E-state index in [0.29, 0.717) is 18.3 Å². The summed E-state index contributed by atoms with van der Waals surface area (Å²) in [7, 11) is 0. The van der Waals surface area contributed by atoms with Crippen LogP contribution in [-0.4, -0.2) is 22.8 Å². The predicted molar refractivity (Wildman–Crippen MR) is 57.8 cm³/mol. The van der Waals surface area contributed by atoms with E-state index in [4.69, 9.17) is 9.15 Å². The second-order valence-electron chi connectivity index (χ2n) is 3.02. The third-order valence-electron chi connectivity index (χ3n) is 1.76. The van der Waals surface area contributed by atoms with Crippen LogP contribution in [0.15, 0.2) is 15.9 Å². The molecule has 0 aliphatic carbocycles. The minimum absolute atomic E-state index is 0.208. The number of carbonyl (C=O) groups excluding carboxylic acids is 1. The molecule has 5 heteroatoms. The summed E-state index contributed by atoms with van der Waals surface area (Å²) in [5, 5.41) is 0.287. The average molecular weight is 229 g/mol. The van der Waals surface area contributed by atoms with Gasteiger partial charge in [-0.05, 0) is 20.3 Å². The van der Waals surface area contributed by atoms with Crippen LogP contribution in [0.2, 0.25) is 0 Å². The fourth-order valence-electron chi connectivity index (χ4n) is 1.04. The van der Waals surface area contributed by atoms with Gasteiger partial charge in [0.15, 0.2) is 0 Å². The minimum Gasteiger partial charge on any atom is -0.465 e. The Labute approximate surface area is 93.4 Å². The van der Waals surface area contributed by atoms with E-state index in [-0.39, 0.29) is 11.2 Å². The molecule has 0 aliphatic heterocycles. The van der Waals surface area contributed by atoms with Crippen molar-refractivity contribution in [3.63, 3.8) is 0 Å². The van der Waals surface area contributed by atoms with Gasteiger partial charge in [-0.15, -0.1) is 0 Å². The zero-order valence-corrected chi connectivity index (χ0v) is 9.97. The number of carbonyl (C=O) groups is 1. The van der Waals surface area contributed by atoms with E-state index in [9.17, 15) is 4.79 Å². The van der Waals surface area contributed by atoms with Crippen molar-refractivity contribution in [2.45, 2.75) is 37.7 Å². The third-order valence-corrected chi connectivity index (χ3v) is 2.96. The number of esters is 1. The summed E-state index contributed by atoms with van der Waals surface area (Å²) in [6, 6.07) is 0. The number of hydrogen-bond donors (Lipinski definition) is 0. The highest BCUT2D eigenvalue weighted by atomic mass is 32.2. The number of hydrogen-bond acceptors (Lipinski definition) is 5. The van der Waals surface area contributed by atoms with Crippen LogP contribution in [-0.2, 0) is 9.53 Å². The molecule has 0 fully saturated rings. The molecule has 0 bridgehead atoms. The van der Waals surface area contributed by atoms with Crippen molar-refractivity contribution in [2.75, 3.05) is 6.61 Å². The van der Waals surface area contributed by atoms with Crippen LogP contribution >= 0.6 is 11.8 Å². The van der Waals surface area contributed by atoms with Gasteiger partial charge in [-0.3, -0.25) is 4.79 Å². The molecular weight excluding hydrogens is 214 g/mol. The van der Waals surface area contributed by atoms with Gasteiger partial charge in [0.2, 0.25) is 0 Å². The number of nitrogens with zero attached hydrogens (tertiary/aromatic N) is 1. The molecule has 0 aromatic carbocycles. The highest BCUT2D eigenvalue weighted by molar-refractivity contribution is 8.00. The lowest BCUT2D eigenvalue weighted by Crippen LogP contribution is -2.19. The Hall–Kier alpha value is -0.970. The average Bonchev–Trinajstić information content (AvgIpc) is 2.61. The van der Waals surface area contributed by atoms with Gasteiger partial charge < -0.3 is 9.15 Å². The van der Waals surface area contributed by atoms with E-state index in [0.717, 1.165) is 5.69 Å². The number of aromatic nitrogens is 1. The van der Waals surface area contributed by atoms with E-state index in [2.05, 4.69) is 4.98 Å². The number of oxazole rings is 1. The Morgan fingerprint density at radius 2 is 2.40 bits per heavy atom. The molecule has 0 aliphatic rings. The highest BCUT2D eigenvalue weighted by Crippen LogP contribution is 2.25. The molecule has 0 spiro atoms. The van der Waals surface area contributed by atoms with Crippen molar-refractivity contribution in [3.8, 4) is 0 Å². The van der Waals surface area contributed by atoms with Crippen molar-refractivity contribution >= 4 is 17.7 Å². The maximum atomic E-state index is 11.5. The van der Waals surface area contributed by atoms with E-state index in [1.807, 2.05) is 13.8 Å². The van der Waals surface area contributed by atoms with Gasteiger partial charge >= 0.3 is 5.97 Å². The summed E-state index contributed by atoms with van der Waals surface area (Å²) in [6.07, 6.45) is 2.27. The Morgan fingerprint density at radius 1 is 1.67 bits per heavy atom. The zero-order valence-electron chi connectivity index (χ0n) is 9.15. The second kappa shape index (κ2) is 5.80. The third kappa shape index (κ3) is 3.58. The molecular formula is C10H15NO3S. The molecule has 0 saturated carbocycles. The smallest absolute Gasteiger partial charge is 0.319 e. The molecule has 0 amide bonds.